The molecular formula is C14H15N3O2. The molecule has 0 aliphatic heterocycles. The Bertz CT molecular complexity index is 659. The Morgan fingerprint density at radius 1 is 1.21 bits per heavy atom. The van der Waals surface area contributed by atoms with Gasteiger partial charge in [0.05, 0.1) is 0 Å². The highest BCUT2D eigenvalue weighted by Gasteiger charge is 2.05. The number of amides is 1. The Morgan fingerprint density at radius 2 is 2.00 bits per heavy atom. The van der Waals surface area contributed by atoms with Crippen LogP contribution in [0.2, 0.25) is 0 Å². The van der Waals surface area contributed by atoms with E-state index in [1.54, 1.807) is 36.4 Å². The Labute approximate surface area is 111 Å². The van der Waals surface area contributed by atoms with Crippen molar-refractivity contribution in [1.82, 2.24) is 4.73 Å². The summed E-state index contributed by atoms with van der Waals surface area (Å²) < 4.78 is 0.813. The van der Waals surface area contributed by atoms with Crippen LogP contribution in [0.15, 0.2) is 53.7 Å². The van der Waals surface area contributed by atoms with Crippen LogP contribution in [0.25, 0.3) is 0 Å². The van der Waals surface area contributed by atoms with Gasteiger partial charge in [-0.2, -0.15) is 9.72 Å². The third-order valence-electron chi connectivity index (χ3n) is 2.64. The molecule has 5 nitrogen and oxygen atoms in total. The van der Waals surface area contributed by atoms with E-state index in [0.29, 0.717) is 5.56 Å². The van der Waals surface area contributed by atoms with E-state index >= 15 is 0 Å². The minimum absolute atomic E-state index is 0.197. The van der Waals surface area contributed by atoms with Crippen molar-refractivity contribution in [3.8, 4) is 0 Å². The number of carbonyl (C=O) groups excluding carboxylic acids is 1. The summed E-state index contributed by atoms with van der Waals surface area (Å²) in [5, 5.41) is 9.51. The molecule has 1 heterocycles. The van der Waals surface area contributed by atoms with Crippen molar-refractivity contribution >= 4 is 11.6 Å². The minimum atomic E-state index is -0.391. The van der Waals surface area contributed by atoms with Crippen molar-refractivity contribution in [3.05, 3.63) is 59.7 Å². The maximum atomic E-state index is 12.0. The van der Waals surface area contributed by atoms with Crippen LogP contribution in [-0.4, -0.2) is 29.9 Å². The molecule has 2 rings (SSSR count). The highest BCUT2D eigenvalue weighted by Crippen LogP contribution is 2.13. The molecule has 5 heteroatoms. The summed E-state index contributed by atoms with van der Waals surface area (Å²) in [7, 11) is 3.80. The van der Waals surface area contributed by atoms with E-state index in [4.69, 9.17) is 0 Å². The lowest BCUT2D eigenvalue weighted by Crippen LogP contribution is -2.19. The predicted molar refractivity (Wildman–Crippen MR) is 72.3 cm³/mol. The molecule has 19 heavy (non-hydrogen) atoms. The first kappa shape index (κ1) is 12.9. The van der Waals surface area contributed by atoms with Crippen LogP contribution in [0.4, 0.5) is 5.69 Å². The third kappa shape index (κ3) is 3.01. The minimum Gasteiger partial charge on any atom is -0.427 e. The molecule has 2 aromatic rings. The zero-order valence-corrected chi connectivity index (χ0v) is 10.8. The number of rotatable bonds is 2. The van der Waals surface area contributed by atoms with Crippen LogP contribution in [-0.2, 0) is 0 Å². The van der Waals surface area contributed by atoms with Gasteiger partial charge in [0.15, 0.2) is 5.49 Å². The lowest BCUT2D eigenvalue weighted by atomic mass is 10.2. The lowest BCUT2D eigenvalue weighted by Gasteiger charge is -2.12. The summed E-state index contributed by atoms with van der Waals surface area (Å²) in [6.45, 7) is 0. The van der Waals surface area contributed by atoms with E-state index in [1.165, 1.54) is 6.20 Å². The number of carbonyl (C=O) groups is 1. The molecule has 0 unspecified atom stereocenters. The van der Waals surface area contributed by atoms with Crippen LogP contribution in [0.5, 0.6) is 0 Å². The number of benzene rings is 1. The summed E-state index contributed by atoms with van der Waals surface area (Å²) in [5.41, 5.74) is 1.60. The molecule has 1 amide bonds. The Balaban J connectivity index is 2.38. The lowest BCUT2D eigenvalue weighted by molar-refractivity contribution is 0.0988. The first-order chi connectivity index (χ1) is 9.08. The van der Waals surface area contributed by atoms with E-state index < -0.39 is 5.91 Å². The maximum Gasteiger partial charge on any atom is 0.279 e. The second kappa shape index (κ2) is 5.39. The summed E-state index contributed by atoms with van der Waals surface area (Å²) >= 11 is 0. The zero-order valence-electron chi connectivity index (χ0n) is 10.8. The summed E-state index contributed by atoms with van der Waals surface area (Å²) in [6, 6.07) is 12.1. The van der Waals surface area contributed by atoms with Crippen molar-refractivity contribution in [2.75, 3.05) is 19.0 Å². The number of pyridine rings is 1. The molecule has 0 saturated carbocycles. The number of hydrogen-bond acceptors (Lipinski definition) is 3. The second-order valence-electron chi connectivity index (χ2n) is 4.27. The summed E-state index contributed by atoms with van der Waals surface area (Å²) in [5.74, 6) is -0.391. The van der Waals surface area contributed by atoms with Gasteiger partial charge in [-0.25, -0.2) is 0 Å². The first-order valence-electron chi connectivity index (χ1n) is 5.81. The van der Waals surface area contributed by atoms with Crippen LogP contribution < -0.4 is 10.4 Å². The zero-order chi connectivity index (χ0) is 13.8. The molecule has 0 saturated heterocycles. The van der Waals surface area contributed by atoms with Gasteiger partial charge >= 0.3 is 0 Å². The van der Waals surface area contributed by atoms with Gasteiger partial charge in [0.2, 0.25) is 0 Å². The van der Waals surface area contributed by atoms with Crippen LogP contribution in [0.3, 0.4) is 0 Å². The van der Waals surface area contributed by atoms with Crippen LogP contribution in [0.1, 0.15) is 10.4 Å². The second-order valence-corrected chi connectivity index (χ2v) is 4.27. The van der Waals surface area contributed by atoms with Crippen molar-refractivity contribution in [2.45, 2.75) is 0 Å². The largest absolute Gasteiger partial charge is 0.427 e. The van der Waals surface area contributed by atoms with Crippen molar-refractivity contribution < 1.29 is 10.0 Å². The molecule has 0 radical (unpaired) electrons. The number of anilines is 1. The fraction of sp³-hybridized carbons (Fsp3) is 0.143. The number of nitrogens with zero attached hydrogens (tertiary/aromatic N) is 3. The predicted octanol–water partition coefficient (Wildman–Crippen LogP) is 1.53. The molecule has 0 spiro atoms. The number of aromatic nitrogens is 1. The van der Waals surface area contributed by atoms with E-state index in [-0.39, 0.29) is 5.49 Å². The van der Waals surface area contributed by atoms with Gasteiger partial charge in [-0.15, -0.1) is 0 Å². The highest BCUT2D eigenvalue weighted by molar-refractivity contribution is 5.95. The van der Waals surface area contributed by atoms with Gasteiger partial charge in [-0.05, 0) is 30.3 Å². The monoisotopic (exact) mass is 257 g/mol. The van der Waals surface area contributed by atoms with E-state index in [2.05, 4.69) is 4.99 Å². The molecule has 0 aliphatic rings. The number of hydrogen-bond donors (Lipinski definition) is 1. The fourth-order valence-electron chi connectivity index (χ4n) is 1.60. The van der Waals surface area contributed by atoms with Gasteiger partial charge < -0.3 is 10.1 Å². The smallest absolute Gasteiger partial charge is 0.279 e. The summed E-state index contributed by atoms with van der Waals surface area (Å²) in [6.07, 6.45) is 1.42. The van der Waals surface area contributed by atoms with Crippen LogP contribution in [0, 0.1) is 0 Å². The SMILES string of the molecule is CN(C)c1cccc(C(=O)N=c2ccccn2O)c1. The van der Waals surface area contributed by atoms with E-state index in [1.807, 2.05) is 25.1 Å². The average molecular weight is 257 g/mol. The normalized spacial score (nSPS) is 11.4. The fourth-order valence-corrected chi connectivity index (χ4v) is 1.60. The van der Waals surface area contributed by atoms with Crippen molar-refractivity contribution in [2.24, 2.45) is 4.99 Å². The van der Waals surface area contributed by atoms with E-state index in [9.17, 15) is 10.0 Å². The topological polar surface area (TPSA) is 57.8 Å². The molecule has 0 atom stereocenters. The molecule has 1 N–H and O–H groups in total. The van der Waals surface area contributed by atoms with Crippen LogP contribution >= 0.6 is 0 Å². The molecular weight excluding hydrogens is 242 g/mol. The van der Waals surface area contributed by atoms with E-state index in [0.717, 1.165) is 10.4 Å². The van der Waals surface area contributed by atoms with Gasteiger partial charge in [-0.3, -0.25) is 4.79 Å². The first-order valence-corrected chi connectivity index (χ1v) is 5.81. The molecule has 1 aromatic carbocycles. The van der Waals surface area contributed by atoms with Gasteiger partial charge in [0, 0.05) is 31.5 Å². The molecule has 98 valence electrons. The molecule has 0 fully saturated rings. The quantitative estimate of drug-likeness (QED) is 0.830. The van der Waals surface area contributed by atoms with Gasteiger partial charge in [0.1, 0.15) is 0 Å². The Morgan fingerprint density at radius 3 is 2.68 bits per heavy atom. The van der Waals surface area contributed by atoms with Gasteiger partial charge in [-0.1, -0.05) is 12.1 Å². The highest BCUT2D eigenvalue weighted by atomic mass is 16.5. The maximum absolute atomic E-state index is 12.0. The standard InChI is InChI=1S/C14H15N3O2/c1-16(2)12-7-5-6-11(10-12)14(18)15-13-8-3-4-9-17(13)19/h3-10,19H,1-2H3. The van der Waals surface area contributed by atoms with Gasteiger partial charge in [0.25, 0.3) is 5.91 Å². The summed E-state index contributed by atoms with van der Waals surface area (Å²) in [4.78, 5) is 17.8. The molecule has 0 bridgehead atoms. The van der Waals surface area contributed by atoms with Crippen molar-refractivity contribution in [3.63, 3.8) is 0 Å². The molecule has 1 aromatic heterocycles. The Kier molecular flexibility index (Phi) is 3.66. The third-order valence-corrected chi connectivity index (χ3v) is 2.64. The Hall–Kier alpha value is -2.56. The van der Waals surface area contributed by atoms with Crippen molar-refractivity contribution in [1.29, 1.82) is 0 Å². The average Bonchev–Trinajstić information content (AvgIpc) is 2.41. The molecule has 0 aliphatic carbocycles.